The van der Waals surface area contributed by atoms with E-state index >= 15 is 0 Å². The summed E-state index contributed by atoms with van der Waals surface area (Å²) in [5.74, 6) is 0.928. The average Bonchev–Trinajstić information content (AvgIpc) is 3.09. The van der Waals surface area contributed by atoms with Crippen molar-refractivity contribution >= 4 is 17.5 Å². The van der Waals surface area contributed by atoms with Gasteiger partial charge >= 0.3 is 0 Å². The summed E-state index contributed by atoms with van der Waals surface area (Å²) in [7, 11) is 0. The molecule has 0 bridgehead atoms. The van der Waals surface area contributed by atoms with Crippen molar-refractivity contribution in [3.05, 3.63) is 70.6 Å². The Kier molecular flexibility index (Phi) is 5.68. The fourth-order valence-electron chi connectivity index (χ4n) is 2.63. The quantitative estimate of drug-likeness (QED) is 0.694. The molecule has 1 atom stereocenters. The highest BCUT2D eigenvalue weighted by Crippen LogP contribution is 2.18. The minimum atomic E-state index is -0.0923. The maximum Gasteiger partial charge on any atom is 0.227 e. The van der Waals surface area contributed by atoms with Gasteiger partial charge in [-0.05, 0) is 37.6 Å². The van der Waals surface area contributed by atoms with E-state index in [4.69, 9.17) is 16.1 Å². The van der Waals surface area contributed by atoms with Crippen LogP contribution in [0.2, 0.25) is 5.02 Å². The molecule has 1 amide bonds. The molecule has 6 heteroatoms. The second-order valence-corrected chi connectivity index (χ2v) is 6.66. The van der Waals surface area contributed by atoms with Crippen LogP contribution in [0.5, 0.6) is 0 Å². The predicted octanol–water partition coefficient (Wildman–Crippen LogP) is 4.51. The van der Waals surface area contributed by atoms with E-state index in [1.54, 1.807) is 0 Å². The fourth-order valence-corrected chi connectivity index (χ4v) is 2.75. The smallest absolute Gasteiger partial charge is 0.227 e. The molecule has 0 saturated carbocycles. The van der Waals surface area contributed by atoms with Crippen LogP contribution in [0.1, 0.15) is 36.4 Å². The van der Waals surface area contributed by atoms with Crippen LogP contribution in [-0.2, 0) is 11.2 Å². The van der Waals surface area contributed by atoms with Gasteiger partial charge in [0, 0.05) is 23.4 Å². The largest absolute Gasteiger partial charge is 0.350 e. The number of nitrogens with one attached hydrogen (secondary N) is 1. The van der Waals surface area contributed by atoms with Crippen LogP contribution in [0, 0.1) is 6.92 Å². The zero-order chi connectivity index (χ0) is 18.5. The van der Waals surface area contributed by atoms with Crippen LogP contribution in [0.25, 0.3) is 11.4 Å². The molecule has 0 saturated heterocycles. The number of aryl methyl sites for hydroxylation is 2. The van der Waals surface area contributed by atoms with Crippen molar-refractivity contribution < 1.29 is 9.32 Å². The second kappa shape index (κ2) is 8.15. The highest BCUT2D eigenvalue weighted by molar-refractivity contribution is 6.30. The third kappa shape index (κ3) is 4.70. The van der Waals surface area contributed by atoms with E-state index in [9.17, 15) is 4.79 Å². The number of rotatable bonds is 6. The topological polar surface area (TPSA) is 68.0 Å². The number of carbonyl (C=O) groups is 1. The summed E-state index contributed by atoms with van der Waals surface area (Å²) in [4.78, 5) is 16.5. The van der Waals surface area contributed by atoms with E-state index in [0.717, 1.165) is 16.7 Å². The van der Waals surface area contributed by atoms with Crippen molar-refractivity contribution in [2.24, 2.45) is 0 Å². The number of amides is 1. The van der Waals surface area contributed by atoms with Gasteiger partial charge in [0.15, 0.2) is 0 Å². The summed E-state index contributed by atoms with van der Waals surface area (Å²) in [5.41, 5.74) is 3.03. The lowest BCUT2D eigenvalue weighted by Crippen LogP contribution is -2.26. The van der Waals surface area contributed by atoms with Crippen LogP contribution in [-0.4, -0.2) is 16.0 Å². The molecule has 5 nitrogen and oxygen atoms in total. The molecule has 1 aromatic heterocycles. The Balaban J connectivity index is 1.54. The summed E-state index contributed by atoms with van der Waals surface area (Å²) in [5, 5.41) is 7.63. The monoisotopic (exact) mass is 369 g/mol. The lowest BCUT2D eigenvalue weighted by atomic mass is 10.1. The van der Waals surface area contributed by atoms with Gasteiger partial charge in [0.2, 0.25) is 17.6 Å². The van der Waals surface area contributed by atoms with Crippen molar-refractivity contribution in [3.63, 3.8) is 0 Å². The van der Waals surface area contributed by atoms with Crippen molar-refractivity contribution in [3.8, 4) is 11.4 Å². The number of benzene rings is 2. The first-order valence-electron chi connectivity index (χ1n) is 8.46. The van der Waals surface area contributed by atoms with E-state index in [2.05, 4.69) is 15.5 Å². The molecular weight excluding hydrogens is 350 g/mol. The molecule has 134 valence electrons. The molecule has 1 N–H and O–H groups in total. The molecule has 0 aliphatic heterocycles. The molecule has 0 aliphatic carbocycles. The molecule has 3 aromatic rings. The fraction of sp³-hybridized carbons (Fsp3) is 0.250. The lowest BCUT2D eigenvalue weighted by molar-refractivity contribution is -0.121. The summed E-state index contributed by atoms with van der Waals surface area (Å²) in [6.45, 7) is 3.94. The van der Waals surface area contributed by atoms with Crippen molar-refractivity contribution in [2.75, 3.05) is 0 Å². The van der Waals surface area contributed by atoms with E-state index in [0.29, 0.717) is 23.2 Å². The summed E-state index contributed by atoms with van der Waals surface area (Å²) in [6, 6.07) is 15.2. The minimum Gasteiger partial charge on any atom is -0.350 e. The standard InChI is InChI=1S/C20H20ClN3O2/c1-13-4-3-5-16(12-13)20-23-19(26-24-20)11-10-18(25)22-14(2)15-6-8-17(21)9-7-15/h3-9,12,14H,10-11H2,1-2H3,(H,22,25)/t14-/m0/s1. The zero-order valence-corrected chi connectivity index (χ0v) is 15.5. The first-order chi connectivity index (χ1) is 12.5. The molecule has 0 unspecified atom stereocenters. The first-order valence-corrected chi connectivity index (χ1v) is 8.83. The Bertz CT molecular complexity index is 890. The number of carbonyl (C=O) groups excluding carboxylic acids is 1. The Labute approximate surface area is 157 Å². The van der Waals surface area contributed by atoms with Gasteiger partial charge in [-0.1, -0.05) is 52.7 Å². The highest BCUT2D eigenvalue weighted by atomic mass is 35.5. The summed E-state index contributed by atoms with van der Waals surface area (Å²) in [6.07, 6.45) is 0.686. The van der Waals surface area contributed by atoms with Gasteiger partial charge in [-0.3, -0.25) is 4.79 Å². The van der Waals surface area contributed by atoms with Gasteiger partial charge in [-0.15, -0.1) is 0 Å². The first kappa shape index (κ1) is 18.1. The molecule has 26 heavy (non-hydrogen) atoms. The van der Waals surface area contributed by atoms with Crippen LogP contribution in [0.4, 0.5) is 0 Å². The molecule has 3 rings (SSSR count). The molecule has 1 heterocycles. The lowest BCUT2D eigenvalue weighted by Gasteiger charge is -2.14. The van der Waals surface area contributed by atoms with Gasteiger partial charge < -0.3 is 9.84 Å². The SMILES string of the molecule is Cc1cccc(-c2noc(CCC(=O)N[C@@H](C)c3ccc(Cl)cc3)n2)c1. The number of halogens is 1. The molecule has 0 radical (unpaired) electrons. The van der Waals surface area contributed by atoms with Crippen molar-refractivity contribution in [2.45, 2.75) is 32.7 Å². The summed E-state index contributed by atoms with van der Waals surface area (Å²) >= 11 is 5.88. The molecule has 2 aromatic carbocycles. The van der Waals surface area contributed by atoms with Gasteiger partial charge in [-0.2, -0.15) is 4.98 Å². The Morgan fingerprint density at radius 3 is 2.73 bits per heavy atom. The molecular formula is C20H20ClN3O2. The van der Waals surface area contributed by atoms with E-state index in [1.807, 2.05) is 62.4 Å². The van der Waals surface area contributed by atoms with E-state index in [-0.39, 0.29) is 18.4 Å². The van der Waals surface area contributed by atoms with Crippen molar-refractivity contribution in [1.82, 2.24) is 15.5 Å². The third-order valence-electron chi connectivity index (χ3n) is 4.06. The second-order valence-electron chi connectivity index (χ2n) is 6.22. The number of aromatic nitrogens is 2. The van der Waals surface area contributed by atoms with Gasteiger partial charge in [-0.25, -0.2) is 0 Å². The third-order valence-corrected chi connectivity index (χ3v) is 4.31. The van der Waals surface area contributed by atoms with Crippen molar-refractivity contribution in [1.29, 1.82) is 0 Å². The van der Waals surface area contributed by atoms with Gasteiger partial charge in [0.05, 0.1) is 6.04 Å². The molecule has 0 fully saturated rings. The average molecular weight is 370 g/mol. The van der Waals surface area contributed by atoms with Gasteiger partial charge in [0.25, 0.3) is 0 Å². The highest BCUT2D eigenvalue weighted by Gasteiger charge is 2.13. The normalized spacial score (nSPS) is 12.0. The predicted molar refractivity (Wildman–Crippen MR) is 101 cm³/mol. The molecule has 0 aliphatic rings. The molecule has 0 spiro atoms. The van der Waals surface area contributed by atoms with E-state index in [1.165, 1.54) is 0 Å². The van der Waals surface area contributed by atoms with Crippen LogP contribution in [0.15, 0.2) is 53.1 Å². The Hall–Kier alpha value is -2.66. The maximum atomic E-state index is 12.2. The van der Waals surface area contributed by atoms with Crippen LogP contribution < -0.4 is 5.32 Å². The van der Waals surface area contributed by atoms with Gasteiger partial charge in [0.1, 0.15) is 0 Å². The Morgan fingerprint density at radius 2 is 2.00 bits per heavy atom. The maximum absolute atomic E-state index is 12.2. The number of nitrogens with zero attached hydrogens (tertiary/aromatic N) is 2. The minimum absolute atomic E-state index is 0.0669. The summed E-state index contributed by atoms with van der Waals surface area (Å²) < 4.78 is 5.26. The van der Waals surface area contributed by atoms with Crippen LogP contribution >= 0.6 is 11.6 Å². The van der Waals surface area contributed by atoms with E-state index < -0.39 is 0 Å². The van der Waals surface area contributed by atoms with Crippen LogP contribution in [0.3, 0.4) is 0 Å². The Morgan fingerprint density at radius 1 is 1.23 bits per heavy atom. The number of hydrogen-bond donors (Lipinski definition) is 1. The zero-order valence-electron chi connectivity index (χ0n) is 14.7. The number of hydrogen-bond acceptors (Lipinski definition) is 4.